The Bertz CT molecular complexity index is 1490. The highest BCUT2D eigenvalue weighted by Crippen LogP contribution is 2.28. The number of piperidine rings is 1. The number of anilines is 1. The lowest BCUT2D eigenvalue weighted by Crippen LogP contribution is -2.45. The lowest BCUT2D eigenvalue weighted by molar-refractivity contribution is -0.132. The number of pyridine rings is 1. The van der Waals surface area contributed by atoms with Gasteiger partial charge in [0.25, 0.3) is 0 Å². The molecule has 226 valence electrons. The number of rotatable bonds is 10. The van der Waals surface area contributed by atoms with Gasteiger partial charge >= 0.3 is 0 Å². The van der Waals surface area contributed by atoms with Gasteiger partial charge < -0.3 is 19.1 Å². The zero-order valence-corrected chi connectivity index (χ0v) is 25.7. The number of aromatic nitrogens is 3. The molecule has 5 rings (SSSR count). The van der Waals surface area contributed by atoms with E-state index in [1.54, 1.807) is 38.0 Å². The molecule has 2 saturated heterocycles. The van der Waals surface area contributed by atoms with Crippen molar-refractivity contribution in [3.8, 4) is 5.75 Å². The predicted octanol–water partition coefficient (Wildman–Crippen LogP) is 3.33. The van der Waals surface area contributed by atoms with E-state index < -0.39 is 15.6 Å². The first-order chi connectivity index (χ1) is 20.1. The van der Waals surface area contributed by atoms with E-state index >= 15 is 0 Å². The van der Waals surface area contributed by atoms with E-state index in [4.69, 9.17) is 9.26 Å². The van der Waals surface area contributed by atoms with E-state index in [1.807, 2.05) is 13.2 Å². The van der Waals surface area contributed by atoms with Crippen LogP contribution in [0.5, 0.6) is 5.75 Å². The molecule has 0 saturated carbocycles. The van der Waals surface area contributed by atoms with Crippen molar-refractivity contribution >= 4 is 21.6 Å². The zero-order chi connectivity index (χ0) is 29.9. The average Bonchev–Trinajstić information content (AvgIpc) is 3.65. The molecule has 0 spiro atoms. The van der Waals surface area contributed by atoms with Gasteiger partial charge in [0.15, 0.2) is 15.7 Å². The summed E-state index contributed by atoms with van der Waals surface area (Å²) in [4.78, 5) is 28.6. The number of methoxy groups -OCH3 is 1. The Balaban J connectivity index is 1.12. The third kappa shape index (κ3) is 6.92. The smallest absolute Gasteiger partial charge is 0.236 e. The normalized spacial score (nSPS) is 16.6. The van der Waals surface area contributed by atoms with Crippen molar-refractivity contribution in [1.82, 2.24) is 24.9 Å². The molecule has 2 fully saturated rings. The van der Waals surface area contributed by atoms with Gasteiger partial charge in [-0.2, -0.15) is 4.98 Å². The summed E-state index contributed by atoms with van der Waals surface area (Å²) in [5.41, 5.74) is 2.44. The molecule has 2 aliphatic rings. The van der Waals surface area contributed by atoms with Crippen LogP contribution in [0, 0.1) is 13.8 Å². The Morgan fingerprint density at radius 3 is 2.45 bits per heavy atom. The molecular weight excluding hydrogens is 556 g/mol. The fourth-order valence-corrected chi connectivity index (χ4v) is 7.74. The Hall–Kier alpha value is -3.51. The van der Waals surface area contributed by atoms with E-state index in [0.717, 1.165) is 51.4 Å². The minimum Gasteiger partial charge on any atom is -0.497 e. The van der Waals surface area contributed by atoms with Crippen molar-refractivity contribution in [2.45, 2.75) is 69.2 Å². The number of carbonyl (C=O) groups excluding carboxylic acids is 1. The first kappa shape index (κ1) is 30.0. The van der Waals surface area contributed by atoms with Crippen LogP contribution in [0.15, 0.2) is 39.9 Å². The fraction of sp³-hybridized carbons (Fsp3) is 0.533. The van der Waals surface area contributed by atoms with Crippen molar-refractivity contribution < 1.29 is 22.5 Å². The van der Waals surface area contributed by atoms with Gasteiger partial charge in [-0.05, 0) is 80.5 Å². The van der Waals surface area contributed by atoms with Crippen LogP contribution in [-0.2, 0) is 33.4 Å². The van der Waals surface area contributed by atoms with Gasteiger partial charge in [-0.25, -0.2) is 13.4 Å². The van der Waals surface area contributed by atoms with Crippen LogP contribution < -0.4 is 9.64 Å². The van der Waals surface area contributed by atoms with Crippen molar-refractivity contribution in [2.75, 3.05) is 45.2 Å². The molecule has 12 heteroatoms. The fourth-order valence-electron chi connectivity index (χ4n) is 6.04. The number of amides is 1. The first-order valence-electron chi connectivity index (χ1n) is 14.5. The summed E-state index contributed by atoms with van der Waals surface area (Å²) in [6, 6.07) is 7.78. The molecule has 3 aromatic rings. The number of carbonyl (C=O) groups is 1. The molecule has 0 bridgehead atoms. The molecule has 42 heavy (non-hydrogen) atoms. The highest BCUT2D eigenvalue weighted by molar-refractivity contribution is 7.90. The summed E-state index contributed by atoms with van der Waals surface area (Å²) < 4.78 is 36.8. The maximum atomic E-state index is 13.2. The number of benzene rings is 1. The second kappa shape index (κ2) is 12.8. The van der Waals surface area contributed by atoms with Crippen LogP contribution in [-0.4, -0.2) is 85.6 Å². The Morgan fingerprint density at radius 1 is 1.10 bits per heavy atom. The van der Waals surface area contributed by atoms with Gasteiger partial charge in [-0.1, -0.05) is 5.16 Å². The summed E-state index contributed by atoms with van der Waals surface area (Å²) in [6.07, 6.45) is 6.04. The van der Waals surface area contributed by atoms with Crippen LogP contribution in [0.2, 0.25) is 0 Å². The number of hydrogen-bond acceptors (Lipinski definition) is 10. The van der Waals surface area contributed by atoms with Gasteiger partial charge in [-0.3, -0.25) is 9.69 Å². The van der Waals surface area contributed by atoms with Crippen molar-refractivity contribution in [3.63, 3.8) is 0 Å². The second-order valence-electron chi connectivity index (χ2n) is 11.4. The largest absolute Gasteiger partial charge is 0.497 e. The summed E-state index contributed by atoms with van der Waals surface area (Å²) in [5, 5.41) is 3.85. The van der Waals surface area contributed by atoms with Gasteiger partial charge in [-0.15, -0.1) is 0 Å². The molecule has 0 radical (unpaired) electrons. The maximum Gasteiger partial charge on any atom is 0.236 e. The quantitative estimate of drug-likeness (QED) is 0.344. The van der Waals surface area contributed by atoms with E-state index in [1.165, 1.54) is 18.4 Å². The number of likely N-dealkylation sites (tertiary alicyclic amines) is 1. The van der Waals surface area contributed by atoms with Crippen LogP contribution in [0.1, 0.15) is 54.1 Å². The SMILES string of the molecule is COc1cc(C)c(S(=O)(=O)Cc2noc(CC(=O)N(C)C3CCN(Cc4ccnc(N5CCCC5)c4)CC3)n2)c(C)c1. The Labute approximate surface area is 247 Å². The first-order valence-corrected chi connectivity index (χ1v) is 16.2. The summed E-state index contributed by atoms with van der Waals surface area (Å²) in [5.74, 6) is 1.27. The minimum absolute atomic E-state index is 0.0346. The molecule has 0 aliphatic carbocycles. The second-order valence-corrected chi connectivity index (χ2v) is 13.3. The highest BCUT2D eigenvalue weighted by atomic mass is 32.2. The van der Waals surface area contributed by atoms with Crippen LogP contribution in [0.4, 0.5) is 5.82 Å². The summed E-state index contributed by atoms with van der Waals surface area (Å²) in [7, 11) is -0.378. The monoisotopic (exact) mass is 596 g/mol. The minimum atomic E-state index is -3.73. The van der Waals surface area contributed by atoms with E-state index in [0.29, 0.717) is 16.9 Å². The van der Waals surface area contributed by atoms with Gasteiger partial charge in [0.05, 0.1) is 12.0 Å². The summed E-state index contributed by atoms with van der Waals surface area (Å²) in [6.45, 7) is 8.29. The van der Waals surface area contributed by atoms with Crippen LogP contribution >= 0.6 is 0 Å². The lowest BCUT2D eigenvalue weighted by atomic mass is 10.0. The number of likely N-dealkylation sites (N-methyl/N-ethyl adjacent to an activating group) is 1. The third-order valence-electron chi connectivity index (χ3n) is 8.26. The Kier molecular flexibility index (Phi) is 9.12. The molecular formula is C30H40N6O5S. The molecule has 11 nitrogen and oxygen atoms in total. The molecule has 1 amide bonds. The van der Waals surface area contributed by atoms with Gasteiger partial charge in [0.2, 0.25) is 11.8 Å². The molecule has 1 aromatic carbocycles. The molecule has 4 heterocycles. The average molecular weight is 597 g/mol. The van der Waals surface area contributed by atoms with Crippen LogP contribution in [0.25, 0.3) is 0 Å². The van der Waals surface area contributed by atoms with E-state index in [-0.39, 0.29) is 35.0 Å². The van der Waals surface area contributed by atoms with Gasteiger partial charge in [0.1, 0.15) is 23.7 Å². The van der Waals surface area contributed by atoms with Gasteiger partial charge in [0, 0.05) is 52.0 Å². The number of aryl methyl sites for hydroxylation is 2. The topological polar surface area (TPSA) is 122 Å². The van der Waals surface area contributed by atoms with Crippen LogP contribution in [0.3, 0.4) is 0 Å². The lowest BCUT2D eigenvalue weighted by Gasteiger charge is -2.36. The Morgan fingerprint density at radius 2 is 1.79 bits per heavy atom. The number of ether oxygens (including phenoxy) is 1. The number of sulfone groups is 1. The third-order valence-corrected chi connectivity index (χ3v) is 10.2. The molecule has 0 unspecified atom stereocenters. The molecule has 2 aromatic heterocycles. The van der Waals surface area contributed by atoms with Crippen molar-refractivity contribution in [2.24, 2.45) is 0 Å². The van der Waals surface area contributed by atoms with Crippen molar-refractivity contribution in [1.29, 1.82) is 0 Å². The molecule has 2 aliphatic heterocycles. The maximum absolute atomic E-state index is 13.2. The predicted molar refractivity (Wildman–Crippen MR) is 158 cm³/mol. The highest BCUT2D eigenvalue weighted by Gasteiger charge is 2.28. The number of nitrogens with zero attached hydrogens (tertiary/aromatic N) is 6. The van der Waals surface area contributed by atoms with Crippen molar-refractivity contribution in [3.05, 3.63) is 58.9 Å². The standard InChI is InChI=1S/C30H40N6O5S/c1-21-15-25(40-4)16-22(2)30(21)42(38,39)20-26-32-28(41-33-26)18-29(37)34(3)24-8-13-35(14-9-24)19-23-7-10-31-27(17-23)36-11-5-6-12-36/h7,10,15-17,24H,5-6,8-9,11-14,18-20H2,1-4H3. The van der Waals surface area contributed by atoms with E-state index in [9.17, 15) is 13.2 Å². The zero-order valence-electron chi connectivity index (χ0n) is 24.9. The summed E-state index contributed by atoms with van der Waals surface area (Å²) >= 11 is 0. The van der Waals surface area contributed by atoms with E-state index in [2.05, 4.69) is 37.1 Å². The number of hydrogen-bond donors (Lipinski definition) is 0. The molecule has 0 N–H and O–H groups in total. The molecule has 0 atom stereocenters.